The molecule has 60 valence electrons. The zero-order chi connectivity index (χ0) is 8.69. The number of allylic oxidation sites excluding steroid dienone is 5. The van der Waals surface area contributed by atoms with Crippen LogP contribution in [0.5, 0.6) is 0 Å². The second kappa shape index (κ2) is 5.62. The van der Waals surface area contributed by atoms with Gasteiger partial charge in [-0.1, -0.05) is 24.8 Å². The summed E-state index contributed by atoms with van der Waals surface area (Å²) < 4.78 is 0. The molecule has 0 aromatic rings. The highest BCUT2D eigenvalue weighted by Crippen LogP contribution is 2.04. The zero-order valence-corrected chi connectivity index (χ0v) is 7.04. The van der Waals surface area contributed by atoms with Crippen LogP contribution in [0, 0.1) is 0 Å². The van der Waals surface area contributed by atoms with Crippen molar-refractivity contribution >= 4 is 5.71 Å². The average Bonchev–Trinajstić information content (AvgIpc) is 2.09. The molecule has 0 atom stereocenters. The molecule has 0 saturated carbocycles. The lowest BCUT2D eigenvalue weighted by Gasteiger charge is -2.00. The van der Waals surface area contributed by atoms with E-state index in [1.807, 2.05) is 24.3 Å². The molecule has 0 aromatic heterocycles. The molecule has 0 radical (unpaired) electrons. The minimum Gasteiger partial charge on any atom is -0.333 e. The van der Waals surface area contributed by atoms with E-state index in [9.17, 15) is 0 Å². The molecule has 1 aliphatic carbocycles. The van der Waals surface area contributed by atoms with Crippen molar-refractivity contribution in [1.82, 2.24) is 0 Å². The van der Waals surface area contributed by atoms with Gasteiger partial charge in [-0.15, -0.1) is 0 Å². The zero-order valence-electron chi connectivity index (χ0n) is 7.04. The molecule has 2 nitrogen and oxygen atoms in total. The summed E-state index contributed by atoms with van der Waals surface area (Å²) >= 11 is 0. The van der Waals surface area contributed by atoms with Crippen LogP contribution in [0.2, 0.25) is 0 Å². The van der Waals surface area contributed by atoms with Gasteiger partial charge in [0, 0.05) is 7.05 Å². The highest BCUT2D eigenvalue weighted by Gasteiger charge is 1.96. The standard InChI is InChI=1S/C8H9N.CH5N/c1-7-5-3-4-6-8(7)9-2;1-2/h3-6H,1H2,2H3;2H2,1H3. The lowest BCUT2D eigenvalue weighted by atomic mass is 10.1. The molecule has 11 heavy (non-hydrogen) atoms. The first-order valence-corrected chi connectivity index (χ1v) is 3.43. The summed E-state index contributed by atoms with van der Waals surface area (Å²) in [5.74, 6) is 0. The number of hydrogen-bond donors (Lipinski definition) is 1. The van der Waals surface area contributed by atoms with Crippen LogP contribution in [0.15, 0.2) is 41.4 Å². The summed E-state index contributed by atoms with van der Waals surface area (Å²) in [7, 11) is 3.27. The minimum absolute atomic E-state index is 0.970. The van der Waals surface area contributed by atoms with E-state index in [0.717, 1.165) is 11.3 Å². The molecule has 1 aliphatic rings. The Kier molecular flexibility index (Phi) is 5.03. The first kappa shape index (κ1) is 9.85. The molecule has 0 fully saturated rings. The first-order chi connectivity index (χ1) is 5.34. The summed E-state index contributed by atoms with van der Waals surface area (Å²) in [4.78, 5) is 4.01. The topological polar surface area (TPSA) is 38.4 Å². The van der Waals surface area contributed by atoms with E-state index >= 15 is 0 Å². The van der Waals surface area contributed by atoms with Gasteiger partial charge < -0.3 is 5.73 Å². The smallest absolute Gasteiger partial charge is 0.0637 e. The van der Waals surface area contributed by atoms with Crippen LogP contribution in [-0.4, -0.2) is 19.8 Å². The van der Waals surface area contributed by atoms with Crippen molar-refractivity contribution in [3.8, 4) is 0 Å². The van der Waals surface area contributed by atoms with Crippen LogP contribution in [0.1, 0.15) is 0 Å². The molecular weight excluding hydrogens is 136 g/mol. The monoisotopic (exact) mass is 150 g/mol. The predicted octanol–water partition coefficient (Wildman–Crippen LogP) is 1.31. The Labute approximate surface area is 67.8 Å². The third-order valence-electron chi connectivity index (χ3n) is 1.23. The van der Waals surface area contributed by atoms with Gasteiger partial charge in [-0.3, -0.25) is 4.99 Å². The van der Waals surface area contributed by atoms with Gasteiger partial charge in [-0.2, -0.15) is 0 Å². The van der Waals surface area contributed by atoms with E-state index in [-0.39, 0.29) is 0 Å². The molecule has 0 heterocycles. The van der Waals surface area contributed by atoms with Crippen LogP contribution in [0.25, 0.3) is 0 Å². The lowest BCUT2D eigenvalue weighted by Crippen LogP contribution is -1.96. The fourth-order valence-electron chi connectivity index (χ4n) is 0.729. The molecular formula is C9H14N2. The molecule has 0 saturated heterocycles. The second-order valence-corrected chi connectivity index (χ2v) is 1.85. The quantitative estimate of drug-likeness (QED) is 0.555. The molecule has 0 unspecified atom stereocenters. The lowest BCUT2D eigenvalue weighted by molar-refractivity contribution is 1.44. The number of hydrogen-bond acceptors (Lipinski definition) is 2. The maximum atomic E-state index is 4.50. The molecule has 0 spiro atoms. The van der Waals surface area contributed by atoms with Crippen molar-refractivity contribution in [2.24, 2.45) is 10.7 Å². The Hall–Kier alpha value is -1.15. The number of aliphatic imine (C=N–C) groups is 1. The average molecular weight is 150 g/mol. The van der Waals surface area contributed by atoms with Crippen molar-refractivity contribution in [3.63, 3.8) is 0 Å². The third kappa shape index (κ3) is 2.96. The Morgan fingerprint density at radius 3 is 2.18 bits per heavy atom. The Balaban J connectivity index is 0.000000461. The van der Waals surface area contributed by atoms with Crippen molar-refractivity contribution in [3.05, 3.63) is 36.5 Å². The number of nitrogens with two attached hydrogens (primary N) is 1. The fourth-order valence-corrected chi connectivity index (χ4v) is 0.729. The Morgan fingerprint density at radius 1 is 1.27 bits per heavy atom. The molecule has 0 bridgehead atoms. The van der Waals surface area contributed by atoms with Gasteiger partial charge in [0.05, 0.1) is 5.71 Å². The van der Waals surface area contributed by atoms with Crippen molar-refractivity contribution in [2.45, 2.75) is 0 Å². The van der Waals surface area contributed by atoms with E-state index < -0.39 is 0 Å². The van der Waals surface area contributed by atoms with E-state index in [1.165, 1.54) is 7.05 Å². The largest absolute Gasteiger partial charge is 0.333 e. The van der Waals surface area contributed by atoms with Gasteiger partial charge in [0.25, 0.3) is 0 Å². The Bertz CT molecular complexity index is 210. The van der Waals surface area contributed by atoms with Gasteiger partial charge >= 0.3 is 0 Å². The number of nitrogens with zero attached hydrogens (tertiary/aromatic N) is 1. The normalized spacial score (nSPS) is 18.1. The molecule has 0 aliphatic heterocycles. The van der Waals surface area contributed by atoms with Crippen LogP contribution >= 0.6 is 0 Å². The van der Waals surface area contributed by atoms with E-state index in [0.29, 0.717) is 0 Å². The van der Waals surface area contributed by atoms with Crippen LogP contribution in [-0.2, 0) is 0 Å². The molecule has 2 heteroatoms. The van der Waals surface area contributed by atoms with E-state index in [1.54, 1.807) is 7.05 Å². The van der Waals surface area contributed by atoms with Gasteiger partial charge in [0.2, 0.25) is 0 Å². The maximum absolute atomic E-state index is 4.50. The van der Waals surface area contributed by atoms with E-state index in [2.05, 4.69) is 17.3 Å². The number of rotatable bonds is 0. The van der Waals surface area contributed by atoms with Gasteiger partial charge in [0.15, 0.2) is 0 Å². The van der Waals surface area contributed by atoms with Gasteiger partial charge in [-0.05, 0) is 18.7 Å². The Morgan fingerprint density at radius 2 is 1.82 bits per heavy atom. The highest BCUT2D eigenvalue weighted by molar-refractivity contribution is 6.10. The van der Waals surface area contributed by atoms with Crippen LogP contribution in [0.4, 0.5) is 0 Å². The van der Waals surface area contributed by atoms with Crippen LogP contribution < -0.4 is 5.73 Å². The maximum Gasteiger partial charge on any atom is 0.0637 e. The summed E-state index contributed by atoms with van der Waals surface area (Å²) in [6.07, 6.45) is 7.80. The summed E-state index contributed by atoms with van der Waals surface area (Å²) in [6, 6.07) is 0. The second-order valence-electron chi connectivity index (χ2n) is 1.85. The summed E-state index contributed by atoms with van der Waals surface area (Å²) in [5, 5.41) is 0. The fraction of sp³-hybridized carbons (Fsp3) is 0.222. The summed E-state index contributed by atoms with van der Waals surface area (Å²) in [5.41, 5.74) is 6.46. The SMILES string of the molecule is C=C1C=CC=CC1=NC.CN. The van der Waals surface area contributed by atoms with Crippen molar-refractivity contribution < 1.29 is 0 Å². The first-order valence-electron chi connectivity index (χ1n) is 3.43. The van der Waals surface area contributed by atoms with Gasteiger partial charge in [0.1, 0.15) is 0 Å². The van der Waals surface area contributed by atoms with Gasteiger partial charge in [-0.25, -0.2) is 0 Å². The summed E-state index contributed by atoms with van der Waals surface area (Å²) in [6.45, 7) is 3.80. The molecule has 0 aromatic carbocycles. The van der Waals surface area contributed by atoms with Crippen LogP contribution in [0.3, 0.4) is 0 Å². The third-order valence-corrected chi connectivity index (χ3v) is 1.23. The predicted molar refractivity (Wildman–Crippen MR) is 50.9 cm³/mol. The van der Waals surface area contributed by atoms with E-state index in [4.69, 9.17) is 0 Å². The van der Waals surface area contributed by atoms with Crippen molar-refractivity contribution in [2.75, 3.05) is 14.1 Å². The molecule has 2 N–H and O–H groups in total. The van der Waals surface area contributed by atoms with Crippen molar-refractivity contribution in [1.29, 1.82) is 0 Å². The highest BCUT2D eigenvalue weighted by atomic mass is 14.7. The molecule has 0 amide bonds. The molecule has 1 rings (SSSR count). The minimum atomic E-state index is 0.970.